The van der Waals surface area contributed by atoms with E-state index in [1.165, 1.54) is 16.9 Å². The largest absolute Gasteiger partial charge is 0.418 e. The van der Waals surface area contributed by atoms with Gasteiger partial charge in [-0.2, -0.15) is 18.3 Å². The van der Waals surface area contributed by atoms with Crippen LogP contribution in [-0.2, 0) is 13.2 Å². The van der Waals surface area contributed by atoms with E-state index in [1.54, 1.807) is 25.4 Å². The highest BCUT2D eigenvalue weighted by molar-refractivity contribution is 5.90. The van der Waals surface area contributed by atoms with Crippen LogP contribution in [0.4, 0.5) is 19.0 Å². The number of benzene rings is 1. The molecule has 0 radical (unpaired) electrons. The van der Waals surface area contributed by atoms with Gasteiger partial charge in [-0.25, -0.2) is 0 Å². The lowest BCUT2D eigenvalue weighted by molar-refractivity contribution is -0.136. The summed E-state index contributed by atoms with van der Waals surface area (Å²) in [6.07, 6.45) is -0.611. The fourth-order valence-corrected chi connectivity index (χ4v) is 2.24. The van der Waals surface area contributed by atoms with Gasteiger partial charge in [-0.1, -0.05) is 12.1 Å². The van der Waals surface area contributed by atoms with Crippen LogP contribution in [0.15, 0.2) is 36.8 Å². The van der Waals surface area contributed by atoms with Crippen molar-refractivity contribution in [3.63, 3.8) is 0 Å². The first-order valence-electron chi connectivity index (χ1n) is 6.11. The number of alkyl halides is 3. The van der Waals surface area contributed by atoms with Crippen molar-refractivity contribution in [1.82, 2.24) is 14.8 Å². The second-order valence-electron chi connectivity index (χ2n) is 4.69. The van der Waals surface area contributed by atoms with Crippen LogP contribution in [0.25, 0.3) is 21.9 Å². The van der Waals surface area contributed by atoms with Crippen molar-refractivity contribution in [2.24, 2.45) is 7.05 Å². The van der Waals surface area contributed by atoms with Gasteiger partial charge in [0.15, 0.2) is 0 Å². The molecular weight excluding hydrogens is 281 g/mol. The summed E-state index contributed by atoms with van der Waals surface area (Å²) in [5.74, 6) is 0.453. The van der Waals surface area contributed by atoms with Crippen molar-refractivity contribution in [3.8, 4) is 11.1 Å². The lowest BCUT2D eigenvalue weighted by Gasteiger charge is -2.10. The Morgan fingerprint density at radius 2 is 1.90 bits per heavy atom. The molecule has 0 fully saturated rings. The molecule has 0 aliphatic rings. The first-order valence-corrected chi connectivity index (χ1v) is 6.11. The molecule has 108 valence electrons. The van der Waals surface area contributed by atoms with Crippen LogP contribution < -0.4 is 5.73 Å². The number of nitrogens with two attached hydrogens (primary N) is 1. The number of halogens is 3. The monoisotopic (exact) mass is 292 g/mol. The van der Waals surface area contributed by atoms with Gasteiger partial charge < -0.3 is 5.73 Å². The van der Waals surface area contributed by atoms with E-state index in [4.69, 9.17) is 5.73 Å². The third-order valence-electron chi connectivity index (χ3n) is 3.36. The minimum absolute atomic E-state index is 0.115. The number of hydrogen-bond acceptors (Lipinski definition) is 3. The normalized spacial score (nSPS) is 12.0. The molecule has 0 amide bonds. The summed E-state index contributed by atoms with van der Waals surface area (Å²) >= 11 is 0. The Hall–Kier alpha value is -2.57. The van der Waals surface area contributed by atoms with Gasteiger partial charge in [0, 0.05) is 30.4 Å². The summed E-state index contributed by atoms with van der Waals surface area (Å²) in [5.41, 5.74) is 6.52. The fraction of sp³-hybridized carbons (Fsp3) is 0.143. The van der Waals surface area contributed by atoms with Crippen molar-refractivity contribution >= 4 is 16.6 Å². The highest BCUT2D eigenvalue weighted by Crippen LogP contribution is 2.36. The molecule has 2 heterocycles. The van der Waals surface area contributed by atoms with Gasteiger partial charge in [0.05, 0.1) is 11.8 Å². The molecule has 0 aliphatic carbocycles. The predicted octanol–water partition coefficient (Wildman–Crippen LogP) is 3.24. The first kappa shape index (κ1) is 13.4. The molecule has 0 aliphatic heterocycles. The van der Waals surface area contributed by atoms with Crippen LogP contribution in [0.2, 0.25) is 0 Å². The van der Waals surface area contributed by atoms with Gasteiger partial charge in [0.2, 0.25) is 0 Å². The van der Waals surface area contributed by atoms with Crippen LogP contribution in [0.1, 0.15) is 5.56 Å². The second-order valence-corrected chi connectivity index (χ2v) is 4.69. The van der Waals surface area contributed by atoms with Gasteiger partial charge in [-0.3, -0.25) is 9.67 Å². The maximum Gasteiger partial charge on any atom is 0.418 e. The Morgan fingerprint density at radius 1 is 1.14 bits per heavy atom. The summed E-state index contributed by atoms with van der Waals surface area (Å²) in [6, 6.07) is 4.66. The SMILES string of the molecule is Cn1ncc(-c2ccc3c(C(F)(F)F)cncc3c2)c1N. The molecule has 3 rings (SSSR count). The maximum absolute atomic E-state index is 12.9. The number of pyridine rings is 1. The van der Waals surface area contributed by atoms with Crippen molar-refractivity contribution < 1.29 is 13.2 Å². The summed E-state index contributed by atoms with van der Waals surface area (Å²) in [5, 5.41) is 4.55. The number of hydrogen-bond donors (Lipinski definition) is 1. The number of rotatable bonds is 1. The molecular formula is C14H11F3N4. The van der Waals surface area contributed by atoms with Crippen molar-refractivity contribution in [2.75, 3.05) is 5.73 Å². The average Bonchev–Trinajstić information content (AvgIpc) is 2.77. The number of aryl methyl sites for hydroxylation is 1. The molecule has 21 heavy (non-hydrogen) atoms. The Balaban J connectivity index is 2.21. The Bertz CT molecular complexity index is 821. The zero-order valence-electron chi connectivity index (χ0n) is 11.0. The molecule has 0 saturated carbocycles. The zero-order valence-corrected chi connectivity index (χ0v) is 11.0. The molecule has 2 N–H and O–H groups in total. The zero-order chi connectivity index (χ0) is 15.2. The molecule has 0 unspecified atom stereocenters. The van der Waals surface area contributed by atoms with Crippen LogP contribution in [0, 0.1) is 0 Å². The van der Waals surface area contributed by atoms with Crippen LogP contribution in [0.3, 0.4) is 0 Å². The molecule has 7 heteroatoms. The molecule has 4 nitrogen and oxygen atoms in total. The Kier molecular flexibility index (Phi) is 2.86. The number of aromatic nitrogens is 3. The van der Waals surface area contributed by atoms with Gasteiger partial charge >= 0.3 is 6.18 Å². The highest BCUT2D eigenvalue weighted by atomic mass is 19.4. The molecule has 0 bridgehead atoms. The van der Waals surface area contributed by atoms with Crippen molar-refractivity contribution in [3.05, 3.63) is 42.4 Å². The van der Waals surface area contributed by atoms with Crippen molar-refractivity contribution in [2.45, 2.75) is 6.18 Å². The third kappa shape index (κ3) is 2.20. The molecule has 0 spiro atoms. The second kappa shape index (κ2) is 4.47. The highest BCUT2D eigenvalue weighted by Gasteiger charge is 2.32. The Labute approximate surface area is 118 Å². The predicted molar refractivity (Wildman–Crippen MR) is 73.4 cm³/mol. The number of nitrogens with zero attached hydrogens (tertiary/aromatic N) is 3. The minimum atomic E-state index is -4.43. The van der Waals surface area contributed by atoms with E-state index in [2.05, 4.69) is 10.1 Å². The topological polar surface area (TPSA) is 56.7 Å². The van der Waals surface area contributed by atoms with E-state index in [0.29, 0.717) is 22.3 Å². The van der Waals surface area contributed by atoms with Gasteiger partial charge in [-0.15, -0.1) is 0 Å². The van der Waals surface area contributed by atoms with E-state index < -0.39 is 11.7 Å². The van der Waals surface area contributed by atoms with Gasteiger partial charge in [0.1, 0.15) is 5.82 Å². The van der Waals surface area contributed by atoms with E-state index in [9.17, 15) is 13.2 Å². The molecule has 2 aromatic heterocycles. The maximum atomic E-state index is 12.9. The lowest BCUT2D eigenvalue weighted by Crippen LogP contribution is -2.06. The van der Waals surface area contributed by atoms with E-state index in [-0.39, 0.29) is 5.39 Å². The summed E-state index contributed by atoms with van der Waals surface area (Å²) in [7, 11) is 1.70. The van der Waals surface area contributed by atoms with Crippen LogP contribution in [-0.4, -0.2) is 14.8 Å². The third-order valence-corrected chi connectivity index (χ3v) is 3.36. The summed E-state index contributed by atoms with van der Waals surface area (Å²) < 4.78 is 40.3. The number of anilines is 1. The number of nitrogen functional groups attached to an aromatic ring is 1. The Morgan fingerprint density at radius 3 is 2.52 bits per heavy atom. The fourth-order valence-electron chi connectivity index (χ4n) is 2.24. The minimum Gasteiger partial charge on any atom is -0.383 e. The molecule has 1 aromatic carbocycles. The van der Waals surface area contributed by atoms with E-state index in [0.717, 1.165) is 6.20 Å². The van der Waals surface area contributed by atoms with E-state index in [1.807, 2.05) is 0 Å². The summed E-state index contributed by atoms with van der Waals surface area (Å²) in [4.78, 5) is 3.67. The first-order chi connectivity index (χ1) is 9.88. The van der Waals surface area contributed by atoms with E-state index >= 15 is 0 Å². The standard InChI is InChI=1S/C14H11F3N4/c1-21-13(18)11(6-20-21)8-2-3-10-9(4-8)5-19-7-12(10)14(15,16)17/h2-7H,18H2,1H3. The molecule has 0 saturated heterocycles. The molecule has 0 atom stereocenters. The van der Waals surface area contributed by atoms with Crippen LogP contribution >= 0.6 is 0 Å². The summed E-state index contributed by atoms with van der Waals surface area (Å²) in [6.45, 7) is 0. The molecule has 3 aromatic rings. The van der Waals surface area contributed by atoms with Gasteiger partial charge in [-0.05, 0) is 17.0 Å². The number of fused-ring (bicyclic) bond motifs is 1. The quantitative estimate of drug-likeness (QED) is 0.749. The van der Waals surface area contributed by atoms with Crippen molar-refractivity contribution in [1.29, 1.82) is 0 Å². The average molecular weight is 292 g/mol. The van der Waals surface area contributed by atoms with Gasteiger partial charge in [0.25, 0.3) is 0 Å². The van der Waals surface area contributed by atoms with Crippen LogP contribution in [0.5, 0.6) is 0 Å². The smallest absolute Gasteiger partial charge is 0.383 e. The lowest BCUT2D eigenvalue weighted by atomic mass is 10.0.